The van der Waals surface area contributed by atoms with E-state index >= 15 is 0 Å². The van der Waals surface area contributed by atoms with Gasteiger partial charge in [-0.05, 0) is 45.6 Å². The standard InChI is InChI=1S/C23H33N5O3/c1-15(2)28-21-7-5-4-6-20(21)22(25-28)23(31)24-16-10-17-8-9-18(11-16)27(17)13-19(30)12-26(3)14-29/h4-7,14-19,30H,8-13H2,1-3H3,(H,24,31)/t16-,17-,18+,19?. The van der Waals surface area contributed by atoms with Crippen LogP contribution in [-0.2, 0) is 4.79 Å². The minimum Gasteiger partial charge on any atom is -0.390 e. The first-order valence-electron chi connectivity index (χ1n) is 11.2. The van der Waals surface area contributed by atoms with E-state index in [1.165, 1.54) is 4.90 Å². The molecule has 2 aliphatic heterocycles. The van der Waals surface area contributed by atoms with Crippen LogP contribution in [0.3, 0.4) is 0 Å². The number of nitrogens with one attached hydrogen (secondary N) is 1. The van der Waals surface area contributed by atoms with Crippen molar-refractivity contribution in [1.82, 2.24) is 24.9 Å². The Kier molecular flexibility index (Phi) is 6.29. The average Bonchev–Trinajstić information content (AvgIpc) is 3.22. The summed E-state index contributed by atoms with van der Waals surface area (Å²) >= 11 is 0. The van der Waals surface area contributed by atoms with Crippen molar-refractivity contribution < 1.29 is 14.7 Å². The van der Waals surface area contributed by atoms with Gasteiger partial charge in [0, 0.05) is 49.7 Å². The highest BCUT2D eigenvalue weighted by molar-refractivity contribution is 6.05. The van der Waals surface area contributed by atoms with Crippen molar-refractivity contribution in [2.45, 2.75) is 69.8 Å². The summed E-state index contributed by atoms with van der Waals surface area (Å²) in [7, 11) is 1.68. The number of piperidine rings is 1. The summed E-state index contributed by atoms with van der Waals surface area (Å²) in [5.41, 5.74) is 1.47. The third-order valence-electron chi connectivity index (χ3n) is 6.64. The number of benzene rings is 1. The van der Waals surface area contributed by atoms with Gasteiger partial charge in [-0.3, -0.25) is 19.2 Å². The Hall–Kier alpha value is -2.45. The van der Waals surface area contributed by atoms with Crippen molar-refractivity contribution in [2.75, 3.05) is 20.1 Å². The number of hydrogen-bond donors (Lipinski definition) is 2. The predicted octanol–water partition coefficient (Wildman–Crippen LogP) is 1.79. The summed E-state index contributed by atoms with van der Waals surface area (Å²) < 4.78 is 1.91. The molecular formula is C23H33N5O3. The molecule has 2 saturated heterocycles. The van der Waals surface area contributed by atoms with Crippen LogP contribution in [0.15, 0.2) is 24.3 Å². The number of nitrogens with zero attached hydrogens (tertiary/aromatic N) is 4. The van der Waals surface area contributed by atoms with Crippen molar-refractivity contribution in [3.8, 4) is 0 Å². The second-order valence-electron chi connectivity index (χ2n) is 9.33. The number of para-hydroxylation sites is 1. The van der Waals surface area contributed by atoms with Crippen LogP contribution >= 0.6 is 0 Å². The molecule has 0 spiro atoms. The lowest BCUT2D eigenvalue weighted by Gasteiger charge is -2.40. The summed E-state index contributed by atoms with van der Waals surface area (Å²) in [5, 5.41) is 19.1. The average molecular weight is 428 g/mol. The molecule has 4 rings (SSSR count). The van der Waals surface area contributed by atoms with Crippen LogP contribution in [0.2, 0.25) is 0 Å². The molecule has 8 heteroatoms. The van der Waals surface area contributed by atoms with E-state index in [1.807, 2.05) is 28.9 Å². The maximum absolute atomic E-state index is 13.1. The van der Waals surface area contributed by atoms with Gasteiger partial charge in [0.05, 0.1) is 11.6 Å². The highest BCUT2D eigenvalue weighted by atomic mass is 16.3. The maximum atomic E-state index is 13.1. The monoisotopic (exact) mass is 427 g/mol. The molecule has 1 unspecified atom stereocenters. The molecule has 3 heterocycles. The minimum atomic E-state index is -0.559. The van der Waals surface area contributed by atoms with Gasteiger partial charge < -0.3 is 15.3 Å². The van der Waals surface area contributed by atoms with Crippen LogP contribution in [0.1, 0.15) is 56.1 Å². The molecule has 1 aromatic carbocycles. The normalized spacial score (nSPS) is 24.5. The second kappa shape index (κ2) is 8.96. The molecule has 0 saturated carbocycles. The summed E-state index contributed by atoms with van der Waals surface area (Å²) in [4.78, 5) is 27.8. The lowest BCUT2D eigenvalue weighted by molar-refractivity contribution is -0.118. The molecule has 2 aliphatic rings. The lowest BCUT2D eigenvalue weighted by atomic mass is 9.96. The van der Waals surface area contributed by atoms with Crippen molar-refractivity contribution in [1.29, 1.82) is 0 Å². The van der Waals surface area contributed by atoms with Gasteiger partial charge in [0.1, 0.15) is 0 Å². The van der Waals surface area contributed by atoms with Gasteiger partial charge in [0.15, 0.2) is 5.69 Å². The highest BCUT2D eigenvalue weighted by Crippen LogP contribution is 2.36. The maximum Gasteiger partial charge on any atom is 0.272 e. The summed E-state index contributed by atoms with van der Waals surface area (Å²) in [6, 6.07) is 8.87. The fourth-order valence-corrected chi connectivity index (χ4v) is 5.27. The third kappa shape index (κ3) is 4.45. The number of carbonyl (C=O) groups is 2. The fourth-order valence-electron chi connectivity index (χ4n) is 5.27. The van der Waals surface area contributed by atoms with Gasteiger partial charge in [0.2, 0.25) is 6.41 Å². The first-order chi connectivity index (χ1) is 14.9. The van der Waals surface area contributed by atoms with Crippen molar-refractivity contribution >= 4 is 23.2 Å². The molecule has 2 fully saturated rings. The Labute approximate surface area is 183 Å². The first-order valence-corrected chi connectivity index (χ1v) is 11.2. The van der Waals surface area contributed by atoms with Gasteiger partial charge in [-0.15, -0.1) is 0 Å². The molecule has 2 bridgehead atoms. The number of aliphatic hydroxyl groups is 1. The quantitative estimate of drug-likeness (QED) is 0.627. The van der Waals surface area contributed by atoms with Crippen LogP contribution in [0.25, 0.3) is 10.9 Å². The zero-order chi connectivity index (χ0) is 22.1. The van der Waals surface area contributed by atoms with E-state index in [1.54, 1.807) is 7.05 Å². The number of fused-ring (bicyclic) bond motifs is 3. The van der Waals surface area contributed by atoms with Gasteiger partial charge in [0.25, 0.3) is 5.91 Å². The molecule has 8 nitrogen and oxygen atoms in total. The van der Waals surface area contributed by atoms with Crippen LogP contribution < -0.4 is 5.32 Å². The Morgan fingerprint density at radius 1 is 1.29 bits per heavy atom. The Bertz CT molecular complexity index is 928. The van der Waals surface area contributed by atoms with E-state index in [2.05, 4.69) is 29.2 Å². The van der Waals surface area contributed by atoms with E-state index < -0.39 is 6.10 Å². The van der Waals surface area contributed by atoms with E-state index in [4.69, 9.17) is 0 Å². The van der Waals surface area contributed by atoms with Gasteiger partial charge in [-0.2, -0.15) is 5.10 Å². The molecule has 0 radical (unpaired) electrons. The molecule has 2 aromatic rings. The summed E-state index contributed by atoms with van der Waals surface area (Å²) in [6.45, 7) is 5.04. The van der Waals surface area contributed by atoms with Crippen LogP contribution in [0.5, 0.6) is 0 Å². The van der Waals surface area contributed by atoms with Crippen LogP contribution in [-0.4, -0.2) is 81.4 Å². The Balaban J connectivity index is 1.42. The number of aromatic nitrogens is 2. The largest absolute Gasteiger partial charge is 0.390 e. The Morgan fingerprint density at radius 3 is 2.61 bits per heavy atom. The first kappa shape index (κ1) is 21.8. The van der Waals surface area contributed by atoms with E-state index in [0.29, 0.717) is 30.9 Å². The zero-order valence-corrected chi connectivity index (χ0v) is 18.6. The topological polar surface area (TPSA) is 90.7 Å². The van der Waals surface area contributed by atoms with Gasteiger partial charge in [-0.1, -0.05) is 18.2 Å². The third-order valence-corrected chi connectivity index (χ3v) is 6.64. The number of hydrogen-bond acceptors (Lipinski definition) is 5. The molecule has 0 aliphatic carbocycles. The van der Waals surface area contributed by atoms with E-state index in [-0.39, 0.29) is 18.0 Å². The summed E-state index contributed by atoms with van der Waals surface area (Å²) in [5.74, 6) is -0.110. The van der Waals surface area contributed by atoms with Crippen molar-refractivity contribution in [3.05, 3.63) is 30.0 Å². The number of carbonyl (C=O) groups excluding carboxylic acids is 2. The fraction of sp³-hybridized carbons (Fsp3) is 0.609. The van der Waals surface area contributed by atoms with Crippen LogP contribution in [0.4, 0.5) is 0 Å². The predicted molar refractivity (Wildman–Crippen MR) is 119 cm³/mol. The smallest absolute Gasteiger partial charge is 0.272 e. The minimum absolute atomic E-state index is 0.110. The van der Waals surface area contributed by atoms with E-state index in [9.17, 15) is 14.7 Å². The SMILES string of the molecule is CC(C)n1nc(C(=O)N[C@@H]2C[C@H]3CC[C@@H](C2)N3CC(O)CN(C)C=O)c2ccccc21. The number of amides is 2. The number of aliphatic hydroxyl groups excluding tert-OH is 1. The highest BCUT2D eigenvalue weighted by Gasteiger charge is 2.42. The molecule has 2 N–H and O–H groups in total. The Morgan fingerprint density at radius 2 is 1.97 bits per heavy atom. The van der Waals surface area contributed by atoms with Gasteiger partial charge >= 0.3 is 0 Å². The second-order valence-corrected chi connectivity index (χ2v) is 9.33. The zero-order valence-electron chi connectivity index (χ0n) is 18.6. The van der Waals surface area contributed by atoms with E-state index in [0.717, 1.165) is 43.0 Å². The van der Waals surface area contributed by atoms with Crippen molar-refractivity contribution in [3.63, 3.8) is 0 Å². The molecule has 4 atom stereocenters. The number of rotatable bonds is 8. The molecular weight excluding hydrogens is 394 g/mol. The molecule has 1 aromatic heterocycles. The summed E-state index contributed by atoms with van der Waals surface area (Å²) in [6.07, 6.45) is 4.10. The number of likely N-dealkylation sites (N-methyl/N-ethyl adjacent to an activating group) is 1. The van der Waals surface area contributed by atoms with Crippen LogP contribution in [0, 0.1) is 0 Å². The molecule has 31 heavy (non-hydrogen) atoms. The van der Waals surface area contributed by atoms with Gasteiger partial charge in [-0.25, -0.2) is 0 Å². The van der Waals surface area contributed by atoms with Crippen molar-refractivity contribution in [2.24, 2.45) is 0 Å². The lowest BCUT2D eigenvalue weighted by Crippen LogP contribution is -2.53. The molecule has 2 amide bonds. The molecule has 168 valence electrons.